The van der Waals surface area contributed by atoms with Gasteiger partial charge in [0.1, 0.15) is 0 Å². The number of fused-ring (bicyclic) bond motifs is 1. The van der Waals surface area contributed by atoms with Crippen LogP contribution < -0.4 is 10.2 Å². The normalized spacial score (nSPS) is 11.3. The lowest BCUT2D eigenvalue weighted by Gasteiger charge is -2.15. The number of quaternary nitrogens is 1. The van der Waals surface area contributed by atoms with Crippen molar-refractivity contribution in [3.8, 4) is 0 Å². The molecule has 1 heterocycles. The van der Waals surface area contributed by atoms with Crippen molar-refractivity contribution < 1.29 is 14.1 Å². The molecule has 0 unspecified atom stereocenters. The fourth-order valence-corrected chi connectivity index (χ4v) is 2.98. The van der Waals surface area contributed by atoms with E-state index >= 15 is 0 Å². The van der Waals surface area contributed by atoms with E-state index in [9.17, 15) is 4.79 Å². The van der Waals surface area contributed by atoms with E-state index in [-0.39, 0.29) is 5.91 Å². The number of para-hydroxylation sites is 2. The van der Waals surface area contributed by atoms with Crippen molar-refractivity contribution >= 4 is 29.2 Å². The molecule has 0 fully saturated rings. The molecule has 0 saturated heterocycles. The maximum absolute atomic E-state index is 12.0. The number of nitrogens with zero attached hydrogens (tertiary/aromatic N) is 1. The molecule has 2 rings (SSSR count). The Kier molecular flexibility index (Phi) is 6.80. The molecule has 5 nitrogen and oxygen atoms in total. The summed E-state index contributed by atoms with van der Waals surface area (Å²) in [4.78, 5) is 14.0. The third-order valence-electron chi connectivity index (χ3n) is 4.17. The summed E-state index contributed by atoms with van der Waals surface area (Å²) in [6.07, 6.45) is 1.42. The molecule has 126 valence electrons. The van der Waals surface area contributed by atoms with Gasteiger partial charge in [0.25, 0.3) is 4.84 Å². The number of nitrogens with one attached hydrogen (secondary N) is 2. The van der Waals surface area contributed by atoms with Crippen molar-refractivity contribution in [1.82, 2.24) is 9.88 Å². The number of rotatable bonds is 9. The van der Waals surface area contributed by atoms with Gasteiger partial charge in [-0.1, -0.05) is 12.1 Å². The minimum absolute atomic E-state index is 0.0618. The molecule has 0 aliphatic carbocycles. The summed E-state index contributed by atoms with van der Waals surface area (Å²) in [7, 11) is 0. The lowest BCUT2D eigenvalue weighted by atomic mass is 10.3. The van der Waals surface area contributed by atoms with Crippen LogP contribution in [0.5, 0.6) is 0 Å². The number of aromatic nitrogens is 1. The number of carbonyl (C=O) groups is 1. The predicted octanol–water partition coefficient (Wildman–Crippen LogP) is 1.78. The van der Waals surface area contributed by atoms with Crippen molar-refractivity contribution in [2.24, 2.45) is 0 Å². The number of carbonyl (C=O) groups excluding carboxylic acids is 1. The molecule has 1 aromatic carbocycles. The minimum Gasteiger partial charge on any atom is -0.429 e. The van der Waals surface area contributed by atoms with E-state index in [0.717, 1.165) is 43.7 Å². The van der Waals surface area contributed by atoms with E-state index in [2.05, 4.69) is 19.2 Å². The summed E-state index contributed by atoms with van der Waals surface area (Å²) in [6, 6.07) is 7.70. The van der Waals surface area contributed by atoms with Gasteiger partial charge in [-0.2, -0.15) is 0 Å². The van der Waals surface area contributed by atoms with E-state index in [1.165, 1.54) is 0 Å². The summed E-state index contributed by atoms with van der Waals surface area (Å²) in [6.45, 7) is 9.03. The monoisotopic (exact) mass is 336 g/mol. The van der Waals surface area contributed by atoms with E-state index in [0.29, 0.717) is 17.8 Å². The molecule has 0 saturated carbocycles. The number of hydrogen-bond acceptors (Lipinski definition) is 3. The van der Waals surface area contributed by atoms with Gasteiger partial charge < -0.3 is 14.6 Å². The van der Waals surface area contributed by atoms with Crippen LogP contribution in [0.3, 0.4) is 0 Å². The number of oxazole rings is 1. The Labute approximate surface area is 142 Å². The third-order valence-corrected chi connectivity index (χ3v) is 4.47. The number of amides is 1. The zero-order valence-corrected chi connectivity index (χ0v) is 14.7. The Hall–Kier alpha value is -1.66. The second kappa shape index (κ2) is 8.84. The Balaban J connectivity index is 1.78. The van der Waals surface area contributed by atoms with Crippen LogP contribution in [-0.2, 0) is 11.3 Å². The molecule has 2 aromatic rings. The number of benzene rings is 1. The Bertz CT molecular complexity index is 688. The summed E-state index contributed by atoms with van der Waals surface area (Å²) < 4.78 is 7.40. The lowest BCUT2D eigenvalue weighted by molar-refractivity contribution is -0.896. The van der Waals surface area contributed by atoms with Crippen molar-refractivity contribution in [3.63, 3.8) is 0 Å². The lowest BCUT2D eigenvalue weighted by Crippen LogP contribution is -3.11. The van der Waals surface area contributed by atoms with E-state index < -0.39 is 0 Å². The van der Waals surface area contributed by atoms with Gasteiger partial charge >= 0.3 is 0 Å². The second-order valence-electron chi connectivity index (χ2n) is 5.65. The molecule has 23 heavy (non-hydrogen) atoms. The van der Waals surface area contributed by atoms with Gasteiger partial charge in [-0.15, -0.1) is 0 Å². The fraction of sp³-hybridized carbons (Fsp3) is 0.529. The van der Waals surface area contributed by atoms with Crippen molar-refractivity contribution in [2.45, 2.75) is 33.2 Å². The van der Waals surface area contributed by atoms with Gasteiger partial charge in [0, 0.05) is 25.9 Å². The summed E-state index contributed by atoms with van der Waals surface area (Å²) in [5.74, 6) is 0.0618. The summed E-state index contributed by atoms with van der Waals surface area (Å²) in [5, 5.41) is 2.99. The molecule has 0 aliphatic rings. The molecule has 0 aliphatic heterocycles. The van der Waals surface area contributed by atoms with Gasteiger partial charge in [0.2, 0.25) is 5.91 Å². The molecule has 1 amide bonds. The van der Waals surface area contributed by atoms with Gasteiger partial charge in [-0.3, -0.25) is 9.36 Å². The largest absolute Gasteiger partial charge is 0.429 e. The number of aryl methyl sites for hydroxylation is 1. The highest BCUT2D eigenvalue weighted by atomic mass is 32.1. The zero-order valence-electron chi connectivity index (χ0n) is 13.9. The van der Waals surface area contributed by atoms with Gasteiger partial charge in [-0.05, 0) is 38.2 Å². The van der Waals surface area contributed by atoms with Crippen LogP contribution >= 0.6 is 12.2 Å². The first-order chi connectivity index (χ1) is 11.2. The predicted molar refractivity (Wildman–Crippen MR) is 94.2 cm³/mol. The highest BCUT2D eigenvalue weighted by Crippen LogP contribution is 2.17. The maximum Gasteiger partial charge on any atom is 0.269 e. The smallest absolute Gasteiger partial charge is 0.269 e. The minimum atomic E-state index is 0.0618. The highest BCUT2D eigenvalue weighted by Gasteiger charge is 2.08. The first-order valence-electron chi connectivity index (χ1n) is 8.34. The van der Waals surface area contributed by atoms with E-state index in [4.69, 9.17) is 16.6 Å². The van der Waals surface area contributed by atoms with Crippen LogP contribution in [0.2, 0.25) is 0 Å². The Morgan fingerprint density at radius 1 is 1.30 bits per heavy atom. The molecule has 0 radical (unpaired) electrons. The molecule has 6 heteroatoms. The summed E-state index contributed by atoms with van der Waals surface area (Å²) >= 11 is 5.23. The van der Waals surface area contributed by atoms with Gasteiger partial charge in [-0.25, -0.2) is 0 Å². The highest BCUT2D eigenvalue weighted by molar-refractivity contribution is 7.71. The second-order valence-corrected chi connectivity index (χ2v) is 6.00. The van der Waals surface area contributed by atoms with Crippen molar-refractivity contribution in [3.05, 3.63) is 29.1 Å². The molecule has 1 aromatic heterocycles. The van der Waals surface area contributed by atoms with Gasteiger partial charge in [0.05, 0.1) is 25.2 Å². The quantitative estimate of drug-likeness (QED) is 0.542. The standard InChI is InChI=1S/C17H25N3O2S/c1-3-19(4-2)12-7-11-18-16(21)10-13-20-14-8-5-6-9-15(14)22-17(20)23/h5-6,8-9H,3-4,7,10-13H2,1-2H3,(H,18,21)/p+1. The van der Waals surface area contributed by atoms with Crippen LogP contribution in [-0.4, -0.2) is 36.7 Å². The Morgan fingerprint density at radius 3 is 2.78 bits per heavy atom. The number of hydrogen-bond donors (Lipinski definition) is 2. The first-order valence-corrected chi connectivity index (χ1v) is 8.75. The molecule has 0 bridgehead atoms. The summed E-state index contributed by atoms with van der Waals surface area (Å²) in [5.41, 5.74) is 1.70. The van der Waals surface area contributed by atoms with E-state index in [1.807, 2.05) is 28.8 Å². The van der Waals surface area contributed by atoms with Crippen LogP contribution in [0.25, 0.3) is 11.1 Å². The molecule has 0 atom stereocenters. The topological polar surface area (TPSA) is 51.6 Å². The van der Waals surface area contributed by atoms with Gasteiger partial charge in [0.15, 0.2) is 5.58 Å². The fourth-order valence-electron chi connectivity index (χ4n) is 2.70. The maximum atomic E-state index is 12.0. The molecule has 0 spiro atoms. The SMILES string of the molecule is CC[NH+](CC)CCCNC(=O)CCn1c(=S)oc2ccccc21. The van der Waals surface area contributed by atoms with E-state index in [1.54, 1.807) is 4.90 Å². The molecule has 2 N–H and O–H groups in total. The third kappa shape index (κ3) is 4.91. The average molecular weight is 336 g/mol. The van der Waals surface area contributed by atoms with Crippen molar-refractivity contribution in [2.75, 3.05) is 26.2 Å². The van der Waals surface area contributed by atoms with Crippen LogP contribution in [0.4, 0.5) is 0 Å². The average Bonchev–Trinajstić information content (AvgIpc) is 2.88. The zero-order chi connectivity index (χ0) is 16.7. The van der Waals surface area contributed by atoms with Crippen LogP contribution in [0, 0.1) is 4.84 Å². The van der Waals surface area contributed by atoms with Crippen LogP contribution in [0.15, 0.2) is 28.7 Å². The molecular weight excluding hydrogens is 310 g/mol. The first kappa shape index (κ1) is 17.7. The van der Waals surface area contributed by atoms with Crippen molar-refractivity contribution in [1.29, 1.82) is 0 Å². The molecular formula is C17H26N3O2S+. The van der Waals surface area contributed by atoms with Crippen LogP contribution in [0.1, 0.15) is 26.7 Å². The Morgan fingerprint density at radius 2 is 2.04 bits per heavy atom.